The van der Waals surface area contributed by atoms with Crippen LogP contribution in [0, 0.1) is 6.92 Å². The topological polar surface area (TPSA) is 29.5 Å². The van der Waals surface area contributed by atoms with Crippen molar-refractivity contribution in [2.45, 2.75) is 39.7 Å². The zero-order chi connectivity index (χ0) is 14.8. The van der Waals surface area contributed by atoms with Gasteiger partial charge >= 0.3 is 0 Å². The van der Waals surface area contributed by atoms with E-state index in [0.717, 1.165) is 25.1 Å². The van der Waals surface area contributed by atoms with E-state index >= 15 is 0 Å². The molecular formula is C17H25NO2. The number of nitrogens with zero attached hydrogens (tertiary/aromatic N) is 1. The largest absolute Gasteiger partial charge is 0.379 e. The van der Waals surface area contributed by atoms with E-state index in [9.17, 15) is 4.79 Å². The molecule has 0 bridgehead atoms. The van der Waals surface area contributed by atoms with Crippen molar-refractivity contribution in [2.75, 3.05) is 26.3 Å². The smallest absolute Gasteiger partial charge is 0.182 e. The molecule has 2 rings (SSSR count). The third-order valence-electron chi connectivity index (χ3n) is 4.37. The lowest BCUT2D eigenvalue weighted by atomic mass is 9.86. The van der Waals surface area contributed by atoms with Crippen LogP contribution in [0.2, 0.25) is 0 Å². The fraction of sp³-hybridized carbons (Fsp3) is 0.588. The SMILES string of the molecule is CCc1c(C)cccc1C(=O)C(C)(C)N1CCOCC1. The highest BCUT2D eigenvalue weighted by atomic mass is 16.5. The Bertz CT molecular complexity index is 488. The van der Waals surface area contributed by atoms with Crippen LogP contribution in [0.5, 0.6) is 0 Å². The zero-order valence-electron chi connectivity index (χ0n) is 13.0. The number of hydrogen-bond donors (Lipinski definition) is 0. The second-order valence-corrected chi connectivity index (χ2v) is 5.94. The number of aryl methyl sites for hydroxylation is 1. The van der Waals surface area contributed by atoms with Gasteiger partial charge in [-0.2, -0.15) is 0 Å². The standard InChI is InChI=1S/C17H25NO2/c1-5-14-13(2)7-6-8-15(14)16(19)17(3,4)18-9-11-20-12-10-18/h6-8H,5,9-12H2,1-4H3. The molecule has 3 heteroatoms. The molecule has 1 fully saturated rings. The minimum absolute atomic E-state index is 0.222. The molecule has 0 N–H and O–H groups in total. The number of rotatable bonds is 4. The Morgan fingerprint density at radius 3 is 2.55 bits per heavy atom. The fourth-order valence-electron chi connectivity index (χ4n) is 2.98. The monoisotopic (exact) mass is 275 g/mol. The quantitative estimate of drug-likeness (QED) is 0.791. The fourth-order valence-corrected chi connectivity index (χ4v) is 2.98. The molecule has 1 aromatic rings. The summed E-state index contributed by atoms with van der Waals surface area (Å²) in [5.41, 5.74) is 2.79. The van der Waals surface area contributed by atoms with Crippen molar-refractivity contribution in [3.8, 4) is 0 Å². The van der Waals surface area contributed by atoms with Crippen molar-refractivity contribution in [1.82, 2.24) is 4.90 Å². The Labute approximate surface area is 121 Å². The predicted octanol–water partition coefficient (Wildman–Crippen LogP) is 2.85. The highest BCUT2D eigenvalue weighted by Crippen LogP contribution is 2.25. The summed E-state index contributed by atoms with van der Waals surface area (Å²) < 4.78 is 5.39. The van der Waals surface area contributed by atoms with Gasteiger partial charge in [0.1, 0.15) is 0 Å². The Hall–Kier alpha value is -1.19. The van der Waals surface area contributed by atoms with Crippen LogP contribution in [-0.4, -0.2) is 42.5 Å². The van der Waals surface area contributed by atoms with Crippen molar-refractivity contribution in [3.05, 3.63) is 34.9 Å². The Morgan fingerprint density at radius 2 is 1.95 bits per heavy atom. The van der Waals surface area contributed by atoms with Gasteiger partial charge in [-0.25, -0.2) is 0 Å². The van der Waals surface area contributed by atoms with E-state index in [2.05, 4.69) is 24.8 Å². The Balaban J connectivity index is 2.32. The van der Waals surface area contributed by atoms with E-state index in [0.29, 0.717) is 13.2 Å². The number of benzene rings is 1. The van der Waals surface area contributed by atoms with Crippen molar-refractivity contribution >= 4 is 5.78 Å². The summed E-state index contributed by atoms with van der Waals surface area (Å²) in [6, 6.07) is 6.03. The minimum Gasteiger partial charge on any atom is -0.379 e. The number of ether oxygens (including phenoxy) is 1. The molecule has 0 spiro atoms. The highest BCUT2D eigenvalue weighted by Gasteiger charge is 2.36. The van der Waals surface area contributed by atoms with Gasteiger partial charge < -0.3 is 4.74 Å². The van der Waals surface area contributed by atoms with Gasteiger partial charge in [-0.1, -0.05) is 25.1 Å². The van der Waals surface area contributed by atoms with E-state index in [-0.39, 0.29) is 5.78 Å². The van der Waals surface area contributed by atoms with Crippen molar-refractivity contribution in [2.24, 2.45) is 0 Å². The lowest BCUT2D eigenvalue weighted by molar-refractivity contribution is -0.00433. The minimum atomic E-state index is -0.471. The van der Waals surface area contributed by atoms with Crippen LogP contribution >= 0.6 is 0 Å². The van der Waals surface area contributed by atoms with Crippen LogP contribution in [0.3, 0.4) is 0 Å². The summed E-state index contributed by atoms with van der Waals surface area (Å²) in [5.74, 6) is 0.222. The first-order valence-electron chi connectivity index (χ1n) is 7.44. The van der Waals surface area contributed by atoms with E-state index in [1.807, 2.05) is 26.0 Å². The van der Waals surface area contributed by atoms with Gasteiger partial charge in [0, 0.05) is 18.7 Å². The van der Waals surface area contributed by atoms with Crippen LogP contribution in [0.4, 0.5) is 0 Å². The van der Waals surface area contributed by atoms with Crippen molar-refractivity contribution < 1.29 is 9.53 Å². The van der Waals surface area contributed by atoms with Crippen LogP contribution < -0.4 is 0 Å². The van der Waals surface area contributed by atoms with Gasteiger partial charge in [0.2, 0.25) is 0 Å². The maximum absolute atomic E-state index is 13.0. The van der Waals surface area contributed by atoms with Gasteiger partial charge in [0.25, 0.3) is 0 Å². The van der Waals surface area contributed by atoms with Crippen LogP contribution in [0.1, 0.15) is 42.3 Å². The number of ketones is 1. The number of carbonyl (C=O) groups excluding carboxylic acids is 1. The number of carbonyl (C=O) groups is 1. The molecule has 0 atom stereocenters. The van der Waals surface area contributed by atoms with Gasteiger partial charge in [-0.3, -0.25) is 9.69 Å². The molecule has 20 heavy (non-hydrogen) atoms. The molecule has 1 saturated heterocycles. The first kappa shape index (κ1) is 15.2. The van der Waals surface area contributed by atoms with Crippen LogP contribution in [0.25, 0.3) is 0 Å². The molecule has 1 aliphatic rings. The summed E-state index contributed by atoms with van der Waals surface area (Å²) in [7, 11) is 0. The number of morpholine rings is 1. The summed E-state index contributed by atoms with van der Waals surface area (Å²) >= 11 is 0. The predicted molar refractivity (Wildman–Crippen MR) is 81.4 cm³/mol. The average Bonchev–Trinajstić information content (AvgIpc) is 2.47. The van der Waals surface area contributed by atoms with Gasteiger partial charge in [-0.05, 0) is 38.3 Å². The van der Waals surface area contributed by atoms with E-state index in [1.54, 1.807) is 0 Å². The summed E-state index contributed by atoms with van der Waals surface area (Å²) in [6.45, 7) is 11.3. The van der Waals surface area contributed by atoms with Gasteiger partial charge in [0.05, 0.1) is 18.8 Å². The van der Waals surface area contributed by atoms with Gasteiger partial charge in [0.15, 0.2) is 5.78 Å². The highest BCUT2D eigenvalue weighted by molar-refractivity contribution is 6.04. The second kappa shape index (κ2) is 6.06. The first-order valence-corrected chi connectivity index (χ1v) is 7.44. The van der Waals surface area contributed by atoms with E-state index < -0.39 is 5.54 Å². The molecule has 0 aromatic heterocycles. The molecule has 0 unspecified atom stereocenters. The average molecular weight is 275 g/mol. The molecule has 0 aliphatic carbocycles. The molecule has 110 valence electrons. The summed E-state index contributed by atoms with van der Waals surface area (Å²) in [6.07, 6.45) is 0.896. The molecular weight excluding hydrogens is 250 g/mol. The Morgan fingerprint density at radius 1 is 1.30 bits per heavy atom. The molecule has 0 saturated carbocycles. The zero-order valence-corrected chi connectivity index (χ0v) is 13.0. The van der Waals surface area contributed by atoms with E-state index in [4.69, 9.17) is 4.74 Å². The molecule has 0 radical (unpaired) electrons. The summed E-state index contributed by atoms with van der Waals surface area (Å²) in [5, 5.41) is 0. The first-order chi connectivity index (χ1) is 9.48. The molecule has 3 nitrogen and oxygen atoms in total. The number of Topliss-reactive ketones (excluding diaryl/α,β-unsaturated/α-hetero) is 1. The molecule has 1 aromatic carbocycles. The third kappa shape index (κ3) is 2.79. The Kier molecular flexibility index (Phi) is 4.61. The van der Waals surface area contributed by atoms with E-state index in [1.165, 1.54) is 11.1 Å². The summed E-state index contributed by atoms with van der Waals surface area (Å²) in [4.78, 5) is 15.3. The van der Waals surface area contributed by atoms with Crippen LogP contribution in [-0.2, 0) is 11.2 Å². The maximum atomic E-state index is 13.0. The molecule has 1 aliphatic heterocycles. The molecule has 1 heterocycles. The van der Waals surface area contributed by atoms with Crippen LogP contribution in [0.15, 0.2) is 18.2 Å². The lowest BCUT2D eigenvalue weighted by Crippen LogP contribution is -2.54. The molecule has 0 amide bonds. The second-order valence-electron chi connectivity index (χ2n) is 5.94. The normalized spacial score (nSPS) is 17.2. The lowest BCUT2D eigenvalue weighted by Gasteiger charge is -2.40. The van der Waals surface area contributed by atoms with Gasteiger partial charge in [-0.15, -0.1) is 0 Å². The number of hydrogen-bond acceptors (Lipinski definition) is 3. The maximum Gasteiger partial charge on any atom is 0.182 e. The van der Waals surface area contributed by atoms with Crippen molar-refractivity contribution in [1.29, 1.82) is 0 Å². The van der Waals surface area contributed by atoms with Crippen molar-refractivity contribution in [3.63, 3.8) is 0 Å². The third-order valence-corrected chi connectivity index (χ3v) is 4.37.